The highest BCUT2D eigenvalue weighted by molar-refractivity contribution is 5.77. The Morgan fingerprint density at radius 1 is 1.32 bits per heavy atom. The van der Waals surface area contributed by atoms with Crippen LogP contribution in [0.1, 0.15) is 12.7 Å². The third kappa shape index (κ3) is 3.01. The molecule has 6 nitrogen and oxygen atoms in total. The number of imidazole rings is 1. The molecule has 1 aliphatic rings. The van der Waals surface area contributed by atoms with Crippen LogP contribution in [0, 0.1) is 0 Å². The minimum atomic E-state index is 0.0514. The van der Waals surface area contributed by atoms with Crippen LogP contribution < -0.4 is 0 Å². The average Bonchev–Trinajstić information content (AvgIpc) is 2.85. The Kier molecular flexibility index (Phi) is 4.48. The van der Waals surface area contributed by atoms with Crippen LogP contribution in [0.25, 0.3) is 11.3 Å². The maximum Gasteiger partial charge on any atom is 0.248 e. The second-order valence-electron chi connectivity index (χ2n) is 5.22. The summed E-state index contributed by atoms with van der Waals surface area (Å²) in [4.78, 5) is 22.6. The molecule has 0 saturated carbocycles. The Morgan fingerprint density at radius 2 is 2.23 bits per heavy atom. The number of fused-ring (bicyclic) bond motifs is 1. The minimum Gasteiger partial charge on any atom is -0.372 e. The number of pyridine rings is 1. The molecule has 0 N–H and O–H groups in total. The molecule has 6 heteroatoms. The van der Waals surface area contributed by atoms with E-state index in [2.05, 4.69) is 14.5 Å². The quantitative estimate of drug-likeness (QED) is 0.855. The number of amides is 1. The second kappa shape index (κ2) is 6.70. The first kappa shape index (κ1) is 14.7. The van der Waals surface area contributed by atoms with E-state index >= 15 is 0 Å². The molecular formula is C16H20N4O2. The lowest BCUT2D eigenvalue weighted by atomic mass is 10.2. The van der Waals surface area contributed by atoms with Crippen molar-refractivity contribution in [3.8, 4) is 11.3 Å². The molecule has 0 spiro atoms. The van der Waals surface area contributed by atoms with Gasteiger partial charge in [0.1, 0.15) is 12.4 Å². The van der Waals surface area contributed by atoms with Crippen LogP contribution in [0.15, 0.2) is 30.7 Å². The fourth-order valence-electron chi connectivity index (χ4n) is 2.71. The molecule has 0 aliphatic carbocycles. The van der Waals surface area contributed by atoms with E-state index in [-0.39, 0.29) is 12.5 Å². The first-order chi connectivity index (χ1) is 10.8. The van der Waals surface area contributed by atoms with Crippen molar-refractivity contribution < 1.29 is 9.53 Å². The summed E-state index contributed by atoms with van der Waals surface area (Å²) >= 11 is 0. The summed E-state index contributed by atoms with van der Waals surface area (Å²) < 4.78 is 7.40. The monoisotopic (exact) mass is 300 g/mol. The van der Waals surface area contributed by atoms with Crippen LogP contribution in [-0.4, -0.2) is 51.6 Å². The summed E-state index contributed by atoms with van der Waals surface area (Å²) in [5.41, 5.74) is 2.11. The molecule has 2 aromatic rings. The van der Waals surface area contributed by atoms with Gasteiger partial charge in [0.25, 0.3) is 0 Å². The third-order valence-electron chi connectivity index (χ3n) is 3.88. The zero-order chi connectivity index (χ0) is 15.4. The van der Waals surface area contributed by atoms with Crippen molar-refractivity contribution in [3.63, 3.8) is 0 Å². The van der Waals surface area contributed by atoms with E-state index in [1.165, 1.54) is 0 Å². The maximum atomic E-state index is 12.1. The predicted octanol–water partition coefficient (Wildman–Crippen LogP) is 1.37. The van der Waals surface area contributed by atoms with Crippen molar-refractivity contribution in [3.05, 3.63) is 36.5 Å². The molecule has 22 heavy (non-hydrogen) atoms. The van der Waals surface area contributed by atoms with Gasteiger partial charge >= 0.3 is 0 Å². The topological polar surface area (TPSA) is 60.2 Å². The van der Waals surface area contributed by atoms with Crippen LogP contribution in [0.4, 0.5) is 0 Å². The molecule has 3 heterocycles. The molecule has 0 aromatic carbocycles. The smallest absolute Gasteiger partial charge is 0.248 e. The van der Waals surface area contributed by atoms with Gasteiger partial charge in [0.2, 0.25) is 5.91 Å². The molecule has 0 fully saturated rings. The summed E-state index contributed by atoms with van der Waals surface area (Å²) in [7, 11) is 0. The van der Waals surface area contributed by atoms with Gasteiger partial charge in [-0.05, 0) is 19.1 Å². The Bertz CT molecular complexity index is 639. The number of carbonyl (C=O) groups is 1. The lowest BCUT2D eigenvalue weighted by Crippen LogP contribution is -2.36. The molecule has 0 atom stereocenters. The largest absolute Gasteiger partial charge is 0.372 e. The number of nitrogens with zero attached hydrogens (tertiary/aromatic N) is 4. The summed E-state index contributed by atoms with van der Waals surface area (Å²) in [5.74, 6) is 1.07. The van der Waals surface area contributed by atoms with Gasteiger partial charge in [-0.3, -0.25) is 9.78 Å². The first-order valence-electron chi connectivity index (χ1n) is 7.60. The molecule has 3 rings (SSSR count). The van der Waals surface area contributed by atoms with Crippen LogP contribution in [-0.2, 0) is 22.5 Å². The van der Waals surface area contributed by atoms with Gasteiger partial charge in [-0.25, -0.2) is 4.98 Å². The lowest BCUT2D eigenvalue weighted by molar-refractivity contribution is -0.135. The van der Waals surface area contributed by atoms with E-state index in [1.54, 1.807) is 6.20 Å². The highest BCUT2D eigenvalue weighted by atomic mass is 16.5. The number of aromatic nitrogens is 3. The SMILES string of the molecule is CCOCC(=O)N1CCc2ncc(-c3cccnc3)n2CC1. The Balaban J connectivity index is 1.75. The van der Waals surface area contributed by atoms with Crippen molar-refractivity contribution in [1.82, 2.24) is 19.4 Å². The molecule has 0 radical (unpaired) electrons. The van der Waals surface area contributed by atoms with Crippen LogP contribution in [0.2, 0.25) is 0 Å². The fourth-order valence-corrected chi connectivity index (χ4v) is 2.71. The maximum absolute atomic E-state index is 12.1. The van der Waals surface area contributed by atoms with Crippen molar-refractivity contribution in [2.45, 2.75) is 19.9 Å². The number of hydrogen-bond donors (Lipinski definition) is 0. The average molecular weight is 300 g/mol. The summed E-state index contributed by atoms with van der Waals surface area (Å²) in [6.45, 7) is 4.74. The van der Waals surface area contributed by atoms with Crippen LogP contribution in [0.5, 0.6) is 0 Å². The van der Waals surface area contributed by atoms with Crippen molar-refractivity contribution in [2.75, 3.05) is 26.3 Å². The summed E-state index contributed by atoms with van der Waals surface area (Å²) in [6, 6.07) is 3.95. The number of ether oxygens (including phenoxy) is 1. The van der Waals surface area contributed by atoms with Gasteiger partial charge in [-0.2, -0.15) is 0 Å². The molecule has 116 valence electrons. The Morgan fingerprint density at radius 3 is 3.00 bits per heavy atom. The van der Waals surface area contributed by atoms with Crippen molar-refractivity contribution >= 4 is 5.91 Å². The van der Waals surface area contributed by atoms with Gasteiger partial charge in [0.05, 0.1) is 11.9 Å². The second-order valence-corrected chi connectivity index (χ2v) is 5.22. The number of hydrogen-bond acceptors (Lipinski definition) is 4. The first-order valence-corrected chi connectivity index (χ1v) is 7.60. The molecule has 0 unspecified atom stereocenters. The van der Waals surface area contributed by atoms with Crippen molar-refractivity contribution in [2.24, 2.45) is 0 Å². The van der Waals surface area contributed by atoms with Crippen LogP contribution >= 0.6 is 0 Å². The molecule has 1 aliphatic heterocycles. The van der Waals surface area contributed by atoms with Crippen molar-refractivity contribution in [1.29, 1.82) is 0 Å². The van der Waals surface area contributed by atoms with E-state index in [9.17, 15) is 4.79 Å². The number of rotatable bonds is 4. The molecule has 1 amide bonds. The normalized spacial score (nSPS) is 14.5. The lowest BCUT2D eigenvalue weighted by Gasteiger charge is -2.20. The summed E-state index contributed by atoms with van der Waals surface area (Å²) in [5, 5.41) is 0. The molecular weight excluding hydrogens is 280 g/mol. The fraction of sp³-hybridized carbons (Fsp3) is 0.438. The third-order valence-corrected chi connectivity index (χ3v) is 3.88. The molecule has 2 aromatic heterocycles. The predicted molar refractivity (Wildman–Crippen MR) is 82.2 cm³/mol. The zero-order valence-electron chi connectivity index (χ0n) is 12.7. The van der Waals surface area contributed by atoms with Crippen LogP contribution in [0.3, 0.4) is 0 Å². The van der Waals surface area contributed by atoms with E-state index in [0.717, 1.165) is 30.0 Å². The van der Waals surface area contributed by atoms with E-state index in [4.69, 9.17) is 4.74 Å². The molecule has 0 saturated heterocycles. The van der Waals surface area contributed by atoms with Gasteiger partial charge in [-0.15, -0.1) is 0 Å². The Hall–Kier alpha value is -2.21. The highest BCUT2D eigenvalue weighted by Crippen LogP contribution is 2.21. The van der Waals surface area contributed by atoms with Gasteiger partial charge in [0, 0.05) is 50.6 Å². The van der Waals surface area contributed by atoms with Gasteiger partial charge in [-0.1, -0.05) is 0 Å². The molecule has 0 bridgehead atoms. The highest BCUT2D eigenvalue weighted by Gasteiger charge is 2.21. The Labute approximate surface area is 129 Å². The zero-order valence-corrected chi connectivity index (χ0v) is 12.7. The standard InChI is InChI=1S/C16H20N4O2/c1-2-22-12-16(21)19-7-5-15-18-11-14(20(15)9-8-19)13-4-3-6-17-10-13/h3-4,6,10-11H,2,5,7-9,12H2,1H3. The summed E-state index contributed by atoms with van der Waals surface area (Å²) in [6.07, 6.45) is 6.26. The van der Waals surface area contributed by atoms with E-state index in [0.29, 0.717) is 19.7 Å². The van der Waals surface area contributed by atoms with Gasteiger partial charge < -0.3 is 14.2 Å². The number of carbonyl (C=O) groups excluding carboxylic acids is 1. The van der Waals surface area contributed by atoms with Gasteiger partial charge in [0.15, 0.2) is 0 Å². The van der Waals surface area contributed by atoms with E-state index < -0.39 is 0 Å². The van der Waals surface area contributed by atoms with E-state index in [1.807, 2.05) is 36.4 Å². The minimum absolute atomic E-state index is 0.0514.